The van der Waals surface area contributed by atoms with E-state index in [1.54, 1.807) is 0 Å². The third-order valence-electron chi connectivity index (χ3n) is 3.62. The molecule has 0 aliphatic heterocycles. The number of ether oxygens (including phenoxy) is 1. The predicted molar refractivity (Wildman–Crippen MR) is 94.0 cm³/mol. The summed E-state index contributed by atoms with van der Waals surface area (Å²) in [6.45, 7) is 1.97. The first-order valence-electron chi connectivity index (χ1n) is 7.90. The molecule has 136 valence electrons. The van der Waals surface area contributed by atoms with Crippen molar-refractivity contribution in [3.8, 4) is 0 Å². The molecule has 0 amide bonds. The monoisotopic (exact) mass is 367 g/mol. The van der Waals surface area contributed by atoms with Gasteiger partial charge in [0.1, 0.15) is 5.82 Å². The van der Waals surface area contributed by atoms with Crippen LogP contribution in [-0.4, -0.2) is 33.3 Å². The van der Waals surface area contributed by atoms with E-state index in [9.17, 15) is 12.8 Å². The Morgan fingerprint density at radius 1 is 1.12 bits per heavy atom. The van der Waals surface area contributed by atoms with Crippen molar-refractivity contribution in [1.29, 1.82) is 0 Å². The molecule has 0 aliphatic rings. The lowest BCUT2D eigenvalue weighted by Crippen LogP contribution is -2.31. The van der Waals surface area contributed by atoms with Crippen molar-refractivity contribution in [2.24, 2.45) is 0 Å². The maximum absolute atomic E-state index is 12.9. The molecule has 0 saturated carbocycles. The van der Waals surface area contributed by atoms with E-state index in [0.717, 1.165) is 11.1 Å². The van der Waals surface area contributed by atoms with E-state index >= 15 is 0 Å². The third-order valence-corrected chi connectivity index (χ3v) is 4.94. The quantitative estimate of drug-likeness (QED) is 0.713. The van der Waals surface area contributed by atoms with Crippen molar-refractivity contribution in [3.63, 3.8) is 0 Å². The molecule has 5 nitrogen and oxygen atoms in total. The van der Waals surface area contributed by atoms with Crippen LogP contribution in [0.1, 0.15) is 22.8 Å². The summed E-state index contributed by atoms with van der Waals surface area (Å²) in [6.07, 6.45) is -0.504. The molecule has 0 radical (unpaired) electrons. The van der Waals surface area contributed by atoms with E-state index in [1.165, 1.54) is 24.3 Å². The minimum Gasteiger partial charge on any atom is -0.394 e. The maximum atomic E-state index is 12.9. The minimum absolute atomic E-state index is 0.0482. The number of hydrogen-bond acceptors (Lipinski definition) is 4. The van der Waals surface area contributed by atoms with E-state index in [2.05, 4.69) is 4.72 Å². The lowest BCUT2D eigenvalue weighted by molar-refractivity contribution is 0.0309. The molecule has 7 heteroatoms. The molecule has 0 spiro atoms. The van der Waals surface area contributed by atoms with Gasteiger partial charge in [0.25, 0.3) is 0 Å². The van der Waals surface area contributed by atoms with Gasteiger partial charge in [0.05, 0.1) is 25.1 Å². The van der Waals surface area contributed by atoms with Crippen LogP contribution in [-0.2, 0) is 20.5 Å². The first kappa shape index (κ1) is 19.5. The highest BCUT2D eigenvalue weighted by Crippen LogP contribution is 2.18. The first-order chi connectivity index (χ1) is 11.9. The number of aliphatic hydroxyl groups is 1. The molecule has 2 rings (SSSR count). The molecule has 25 heavy (non-hydrogen) atoms. The van der Waals surface area contributed by atoms with Crippen LogP contribution < -0.4 is 4.72 Å². The summed E-state index contributed by atoms with van der Waals surface area (Å²) in [4.78, 5) is 0. The Kier molecular flexibility index (Phi) is 7.07. The average molecular weight is 367 g/mol. The zero-order chi connectivity index (χ0) is 18.3. The fraction of sp³-hybridized carbons (Fsp3) is 0.333. The van der Waals surface area contributed by atoms with Crippen LogP contribution >= 0.6 is 0 Å². The smallest absolute Gasteiger partial charge is 0.215 e. The summed E-state index contributed by atoms with van der Waals surface area (Å²) in [5, 5.41) is 8.96. The van der Waals surface area contributed by atoms with Crippen LogP contribution in [0.25, 0.3) is 0 Å². The second kappa shape index (κ2) is 9.05. The first-order valence-corrected chi connectivity index (χ1v) is 9.55. The van der Waals surface area contributed by atoms with Crippen molar-refractivity contribution in [2.75, 3.05) is 19.8 Å². The molecule has 2 aromatic rings. The molecule has 1 unspecified atom stereocenters. The highest BCUT2D eigenvalue weighted by Gasteiger charge is 2.17. The van der Waals surface area contributed by atoms with E-state index in [-0.39, 0.29) is 25.5 Å². The van der Waals surface area contributed by atoms with Crippen molar-refractivity contribution in [2.45, 2.75) is 18.8 Å². The number of aryl methyl sites for hydroxylation is 1. The largest absolute Gasteiger partial charge is 0.394 e. The Bertz CT molecular complexity index is 761. The predicted octanol–water partition coefficient (Wildman–Crippen LogP) is 2.30. The molecule has 0 saturated heterocycles. The van der Waals surface area contributed by atoms with Crippen LogP contribution in [0, 0.1) is 12.7 Å². The lowest BCUT2D eigenvalue weighted by atomic mass is 10.1. The summed E-state index contributed by atoms with van der Waals surface area (Å²) in [7, 11) is -3.60. The third kappa shape index (κ3) is 6.55. The molecular formula is C18H22FNO4S. The van der Waals surface area contributed by atoms with Crippen molar-refractivity contribution in [1.82, 2.24) is 4.72 Å². The van der Waals surface area contributed by atoms with E-state index in [0.29, 0.717) is 5.56 Å². The van der Waals surface area contributed by atoms with Gasteiger partial charge in [-0.25, -0.2) is 17.5 Å². The van der Waals surface area contributed by atoms with Gasteiger partial charge in [-0.1, -0.05) is 42.0 Å². The van der Waals surface area contributed by atoms with Gasteiger partial charge in [0.15, 0.2) is 0 Å². The van der Waals surface area contributed by atoms with Crippen molar-refractivity contribution < 1.29 is 22.7 Å². The summed E-state index contributed by atoms with van der Waals surface area (Å²) in [5.41, 5.74) is 2.40. The topological polar surface area (TPSA) is 75.6 Å². The average Bonchev–Trinajstić information content (AvgIpc) is 2.58. The van der Waals surface area contributed by atoms with Crippen LogP contribution in [0.3, 0.4) is 0 Å². The van der Waals surface area contributed by atoms with E-state index < -0.39 is 21.9 Å². The van der Waals surface area contributed by atoms with Crippen LogP contribution in [0.15, 0.2) is 48.5 Å². The molecule has 0 heterocycles. The minimum atomic E-state index is -3.60. The van der Waals surface area contributed by atoms with Crippen LogP contribution in [0.2, 0.25) is 0 Å². The number of aliphatic hydroxyl groups excluding tert-OH is 1. The second-order valence-electron chi connectivity index (χ2n) is 5.73. The Labute approximate surface area is 147 Å². The molecular weight excluding hydrogens is 345 g/mol. The summed E-state index contributed by atoms with van der Waals surface area (Å²) in [6, 6.07) is 12.9. The molecule has 2 N–H and O–H groups in total. The van der Waals surface area contributed by atoms with Gasteiger partial charge in [0.2, 0.25) is 10.0 Å². The van der Waals surface area contributed by atoms with Crippen molar-refractivity contribution in [3.05, 3.63) is 71.0 Å². The Hall–Kier alpha value is -1.80. The summed E-state index contributed by atoms with van der Waals surface area (Å²) < 4.78 is 45.5. The summed E-state index contributed by atoms with van der Waals surface area (Å²) in [5.74, 6) is -0.653. The molecule has 1 atom stereocenters. The van der Waals surface area contributed by atoms with Gasteiger partial charge < -0.3 is 9.84 Å². The van der Waals surface area contributed by atoms with E-state index in [4.69, 9.17) is 9.84 Å². The second-order valence-corrected chi connectivity index (χ2v) is 7.53. The van der Waals surface area contributed by atoms with Gasteiger partial charge in [-0.15, -0.1) is 0 Å². The molecule has 2 aromatic carbocycles. The van der Waals surface area contributed by atoms with E-state index in [1.807, 2.05) is 31.2 Å². The maximum Gasteiger partial charge on any atom is 0.215 e. The molecule has 0 aromatic heterocycles. The summed E-state index contributed by atoms with van der Waals surface area (Å²) >= 11 is 0. The molecule has 0 fully saturated rings. The Morgan fingerprint density at radius 3 is 2.36 bits per heavy atom. The number of nitrogens with one attached hydrogen (secondary N) is 1. The number of rotatable bonds is 9. The fourth-order valence-electron chi connectivity index (χ4n) is 2.30. The highest BCUT2D eigenvalue weighted by atomic mass is 32.2. The Morgan fingerprint density at radius 2 is 1.76 bits per heavy atom. The van der Waals surface area contributed by atoms with Crippen molar-refractivity contribution >= 4 is 10.0 Å². The number of benzene rings is 2. The SMILES string of the molecule is Cc1ccc(C(CNS(=O)(=O)Cc2ccc(F)cc2)OCCO)cc1. The standard InChI is InChI=1S/C18H22FNO4S/c1-14-2-6-16(7-3-14)18(24-11-10-21)12-20-25(22,23)13-15-4-8-17(19)9-5-15/h2-9,18,20-21H,10-13H2,1H3. The number of sulfonamides is 1. The number of halogens is 1. The van der Waals surface area contributed by atoms with Gasteiger partial charge in [-0.2, -0.15) is 0 Å². The van der Waals surface area contributed by atoms with Gasteiger partial charge in [-0.05, 0) is 30.2 Å². The Balaban J connectivity index is 2.02. The normalized spacial score (nSPS) is 12.9. The zero-order valence-corrected chi connectivity index (χ0v) is 14.8. The zero-order valence-electron chi connectivity index (χ0n) is 14.0. The van der Waals surface area contributed by atoms with Crippen LogP contribution in [0.4, 0.5) is 4.39 Å². The lowest BCUT2D eigenvalue weighted by Gasteiger charge is -2.19. The van der Waals surface area contributed by atoms with Gasteiger partial charge >= 0.3 is 0 Å². The van der Waals surface area contributed by atoms with Gasteiger partial charge in [0, 0.05) is 6.54 Å². The fourth-order valence-corrected chi connectivity index (χ4v) is 3.44. The van der Waals surface area contributed by atoms with Crippen LogP contribution in [0.5, 0.6) is 0 Å². The van der Waals surface area contributed by atoms with Gasteiger partial charge in [-0.3, -0.25) is 0 Å². The number of hydrogen-bond donors (Lipinski definition) is 2. The highest BCUT2D eigenvalue weighted by molar-refractivity contribution is 7.88. The molecule has 0 bridgehead atoms. The molecule has 0 aliphatic carbocycles.